The molecule has 204 valence electrons. The van der Waals surface area contributed by atoms with Crippen molar-refractivity contribution in [3.63, 3.8) is 0 Å². The average molecular weight is 555 g/mol. The lowest BCUT2D eigenvalue weighted by Gasteiger charge is -2.36. The van der Waals surface area contributed by atoms with Crippen molar-refractivity contribution in [2.24, 2.45) is 5.92 Å². The van der Waals surface area contributed by atoms with E-state index in [1.165, 1.54) is 0 Å². The molecule has 0 radical (unpaired) electrons. The highest BCUT2D eigenvalue weighted by Crippen LogP contribution is 2.43. The van der Waals surface area contributed by atoms with Crippen LogP contribution in [0.25, 0.3) is 22.2 Å². The maximum absolute atomic E-state index is 13.4. The fourth-order valence-electron chi connectivity index (χ4n) is 6.52. The van der Waals surface area contributed by atoms with E-state index in [1.807, 2.05) is 71.6 Å². The predicted octanol–water partition coefficient (Wildman–Crippen LogP) is 6.30. The lowest BCUT2D eigenvalue weighted by Crippen LogP contribution is -2.45. The molecule has 1 unspecified atom stereocenters. The second-order valence-electron chi connectivity index (χ2n) is 11.3. The van der Waals surface area contributed by atoms with Crippen LogP contribution >= 0.6 is 11.6 Å². The van der Waals surface area contributed by atoms with Crippen LogP contribution in [0, 0.1) is 5.92 Å². The summed E-state index contributed by atoms with van der Waals surface area (Å²) in [5.41, 5.74) is 4.16. The highest BCUT2D eigenvalue weighted by Gasteiger charge is 2.41. The number of benzene rings is 3. The van der Waals surface area contributed by atoms with E-state index in [4.69, 9.17) is 16.3 Å². The van der Waals surface area contributed by atoms with Crippen molar-refractivity contribution in [3.8, 4) is 17.0 Å². The number of H-pyrrole nitrogens is 1. The van der Waals surface area contributed by atoms with Gasteiger partial charge in [0.05, 0.1) is 17.3 Å². The zero-order valence-electron chi connectivity index (χ0n) is 22.1. The quantitative estimate of drug-likeness (QED) is 0.250. The number of aromatic amines is 1. The Kier molecular flexibility index (Phi) is 6.47. The number of carbonyl (C=O) groups is 2. The Bertz CT molecular complexity index is 1550. The Morgan fingerprint density at radius 3 is 2.48 bits per heavy atom. The third kappa shape index (κ3) is 4.73. The fraction of sp³-hybridized carbons (Fsp3) is 0.344. The maximum atomic E-state index is 13.4. The van der Waals surface area contributed by atoms with Gasteiger partial charge in [0.15, 0.2) is 0 Å². The van der Waals surface area contributed by atoms with Gasteiger partial charge in [-0.05, 0) is 85.7 Å². The largest absolute Gasteiger partial charge is 0.490 e. The van der Waals surface area contributed by atoms with Gasteiger partial charge in [0.25, 0.3) is 5.91 Å². The van der Waals surface area contributed by atoms with Crippen LogP contribution in [0.1, 0.15) is 60.5 Å². The molecule has 7 rings (SSSR count). The standard InChI is InChI=1S/C32H31ClN4O3/c33-28-4-2-1-3-26(28)30(19-5-6-19)34-32(39)21-9-14-29-27(15-21)31(36-35-29)20-7-12-24(13-8-20)40-25-16-22-10-11-23(17-25)37(22)18-38/h1-4,7-9,12-15,18-19,22-23,25,30H,5-6,10-11,16-17H2,(H,34,39)(H,35,36)/t22-,23+,25?,30-/m0/s1. The van der Waals surface area contributed by atoms with Crippen LogP contribution in [0.3, 0.4) is 0 Å². The molecule has 2 N–H and O–H groups in total. The van der Waals surface area contributed by atoms with Crippen molar-refractivity contribution in [2.75, 3.05) is 0 Å². The summed E-state index contributed by atoms with van der Waals surface area (Å²) in [5, 5.41) is 12.5. The van der Waals surface area contributed by atoms with E-state index in [0.29, 0.717) is 28.6 Å². The van der Waals surface area contributed by atoms with Crippen LogP contribution in [-0.2, 0) is 4.79 Å². The molecule has 1 aliphatic carbocycles. The molecule has 4 aromatic rings. The number of hydrogen-bond acceptors (Lipinski definition) is 4. The van der Waals surface area contributed by atoms with E-state index in [-0.39, 0.29) is 18.1 Å². The minimum Gasteiger partial charge on any atom is -0.490 e. The molecule has 40 heavy (non-hydrogen) atoms. The van der Waals surface area contributed by atoms with Crippen LogP contribution in [0.15, 0.2) is 66.7 Å². The first-order valence-corrected chi connectivity index (χ1v) is 14.5. The SMILES string of the molecule is O=CN1[C@@H]2CC[C@H]1CC(Oc1ccc(-c3n[nH]c4ccc(C(=O)N[C@H](c5ccccc5Cl)C5CC5)cc34)cc1)C2. The summed E-state index contributed by atoms with van der Waals surface area (Å²) in [6.07, 6.45) is 7.18. The van der Waals surface area contributed by atoms with Crippen LogP contribution in [0.4, 0.5) is 0 Å². The van der Waals surface area contributed by atoms with Gasteiger partial charge >= 0.3 is 0 Å². The topological polar surface area (TPSA) is 87.3 Å². The summed E-state index contributed by atoms with van der Waals surface area (Å²) in [7, 11) is 0. The van der Waals surface area contributed by atoms with Crippen LogP contribution < -0.4 is 10.1 Å². The van der Waals surface area contributed by atoms with Crippen LogP contribution in [-0.4, -0.2) is 45.6 Å². The van der Waals surface area contributed by atoms with Crippen molar-refractivity contribution in [1.82, 2.24) is 20.4 Å². The summed E-state index contributed by atoms with van der Waals surface area (Å²) in [5.74, 6) is 1.10. The first-order valence-electron chi connectivity index (χ1n) is 14.1. The predicted molar refractivity (Wildman–Crippen MR) is 154 cm³/mol. The van der Waals surface area contributed by atoms with Gasteiger partial charge in [0, 0.05) is 46.5 Å². The second kappa shape index (κ2) is 10.3. The fourth-order valence-corrected chi connectivity index (χ4v) is 6.78. The number of piperidine rings is 1. The highest BCUT2D eigenvalue weighted by atomic mass is 35.5. The summed E-state index contributed by atoms with van der Waals surface area (Å²) < 4.78 is 6.31. The van der Waals surface area contributed by atoms with Gasteiger partial charge < -0.3 is 15.0 Å². The normalized spacial score (nSPS) is 22.7. The van der Waals surface area contributed by atoms with Crippen molar-refractivity contribution in [2.45, 2.75) is 62.8 Å². The number of ether oxygens (including phenoxy) is 1. The molecule has 0 spiro atoms. The van der Waals surface area contributed by atoms with Gasteiger partial charge in [-0.3, -0.25) is 14.7 Å². The molecule has 2 amide bonds. The molecule has 3 fully saturated rings. The number of nitrogens with one attached hydrogen (secondary N) is 2. The first-order chi connectivity index (χ1) is 19.6. The molecular weight excluding hydrogens is 524 g/mol. The summed E-state index contributed by atoms with van der Waals surface area (Å²) in [4.78, 5) is 26.7. The zero-order valence-corrected chi connectivity index (χ0v) is 22.8. The molecule has 7 nitrogen and oxygen atoms in total. The third-order valence-electron chi connectivity index (χ3n) is 8.74. The molecule has 3 heterocycles. The average Bonchev–Trinajstić information content (AvgIpc) is 3.68. The number of amides is 2. The summed E-state index contributed by atoms with van der Waals surface area (Å²) in [6.45, 7) is 0. The molecule has 3 aliphatic rings. The minimum atomic E-state index is -0.121. The maximum Gasteiger partial charge on any atom is 0.251 e. The van der Waals surface area contributed by atoms with Gasteiger partial charge in [0.2, 0.25) is 6.41 Å². The minimum absolute atomic E-state index is 0.103. The molecule has 2 bridgehead atoms. The van der Waals surface area contributed by atoms with Crippen molar-refractivity contribution >= 4 is 34.8 Å². The molecular formula is C32H31ClN4O3. The number of carbonyl (C=O) groups excluding carboxylic acids is 2. The van der Waals surface area contributed by atoms with Crippen molar-refractivity contribution in [1.29, 1.82) is 0 Å². The number of hydrogen-bond donors (Lipinski definition) is 2. The van der Waals surface area contributed by atoms with E-state index < -0.39 is 0 Å². The molecule has 2 aliphatic heterocycles. The molecule has 2 saturated heterocycles. The zero-order chi connectivity index (χ0) is 27.2. The van der Waals surface area contributed by atoms with Gasteiger partial charge in [-0.1, -0.05) is 29.8 Å². The molecule has 4 atom stereocenters. The van der Waals surface area contributed by atoms with Crippen LogP contribution in [0.2, 0.25) is 5.02 Å². The number of rotatable bonds is 8. The van der Waals surface area contributed by atoms with Crippen molar-refractivity contribution in [3.05, 3.63) is 82.9 Å². The lowest BCUT2D eigenvalue weighted by molar-refractivity contribution is -0.123. The smallest absolute Gasteiger partial charge is 0.251 e. The Hall–Kier alpha value is -3.84. The monoisotopic (exact) mass is 554 g/mol. The Morgan fingerprint density at radius 1 is 1.02 bits per heavy atom. The lowest BCUT2D eigenvalue weighted by atomic mass is 10.0. The molecule has 1 aromatic heterocycles. The molecule has 3 aromatic carbocycles. The van der Waals surface area contributed by atoms with E-state index >= 15 is 0 Å². The summed E-state index contributed by atoms with van der Waals surface area (Å²) in [6, 6.07) is 21.8. The molecule has 1 saturated carbocycles. The van der Waals surface area contributed by atoms with Crippen LogP contribution in [0.5, 0.6) is 5.75 Å². The highest BCUT2D eigenvalue weighted by molar-refractivity contribution is 6.31. The van der Waals surface area contributed by atoms with E-state index in [0.717, 1.165) is 78.4 Å². The van der Waals surface area contributed by atoms with Gasteiger partial charge in [-0.2, -0.15) is 5.10 Å². The Morgan fingerprint density at radius 2 is 1.77 bits per heavy atom. The van der Waals surface area contributed by atoms with Gasteiger partial charge in [-0.15, -0.1) is 0 Å². The van der Waals surface area contributed by atoms with Crippen molar-refractivity contribution < 1.29 is 14.3 Å². The van der Waals surface area contributed by atoms with Gasteiger partial charge in [0.1, 0.15) is 11.9 Å². The molecule has 8 heteroatoms. The Balaban J connectivity index is 1.08. The van der Waals surface area contributed by atoms with Gasteiger partial charge in [-0.25, -0.2) is 0 Å². The number of nitrogens with zero attached hydrogens (tertiary/aromatic N) is 2. The van der Waals surface area contributed by atoms with E-state index in [9.17, 15) is 9.59 Å². The number of fused-ring (bicyclic) bond motifs is 3. The second-order valence-corrected chi connectivity index (χ2v) is 11.7. The van der Waals surface area contributed by atoms with E-state index in [1.54, 1.807) is 0 Å². The first kappa shape index (κ1) is 25.1. The number of halogens is 1. The summed E-state index contributed by atoms with van der Waals surface area (Å²) >= 11 is 6.48. The van der Waals surface area contributed by atoms with E-state index in [2.05, 4.69) is 15.5 Å². The number of aromatic nitrogens is 2. The Labute approximate surface area is 237 Å². The third-order valence-corrected chi connectivity index (χ3v) is 9.09.